The lowest BCUT2D eigenvalue weighted by molar-refractivity contribution is -0.140. The summed E-state index contributed by atoms with van der Waals surface area (Å²) in [6.07, 6.45) is 0.405. The van der Waals surface area contributed by atoms with Crippen LogP contribution in [0.5, 0.6) is 0 Å². The highest BCUT2D eigenvalue weighted by atomic mass is 19.4. The van der Waals surface area contributed by atoms with Crippen molar-refractivity contribution in [2.24, 2.45) is 0 Å². The monoisotopic (exact) mass is 373 g/mol. The third-order valence-corrected chi connectivity index (χ3v) is 4.45. The molecule has 0 amide bonds. The highest BCUT2D eigenvalue weighted by molar-refractivity contribution is 6.04. The van der Waals surface area contributed by atoms with E-state index in [0.29, 0.717) is 22.9 Å². The van der Waals surface area contributed by atoms with Crippen LogP contribution < -0.4 is 5.56 Å². The number of hydrogen-bond donors (Lipinski definition) is 1. The van der Waals surface area contributed by atoms with Gasteiger partial charge in [-0.2, -0.15) is 18.3 Å². The standard InChI is InChI=1S/C18H14F3N5O/c1-2-14-12(6-22-9-23-14)10-3-4-11-15(5-10)26(8-18(19,20)21)17(27)13-7-24-25-16(11)13/h3-7,9H,2,8H2,1H3,(H,24,25). The summed E-state index contributed by atoms with van der Waals surface area (Å²) < 4.78 is 40.1. The predicted molar refractivity (Wildman–Crippen MR) is 94.3 cm³/mol. The third kappa shape index (κ3) is 2.94. The molecule has 4 aromatic rings. The van der Waals surface area contributed by atoms with E-state index in [0.717, 1.165) is 15.8 Å². The SMILES string of the molecule is CCc1ncncc1-c1ccc2c3[nH]ncc3c(=O)n(CC(F)(F)F)c2c1. The van der Waals surface area contributed by atoms with Gasteiger partial charge in [0.15, 0.2) is 0 Å². The molecule has 0 radical (unpaired) electrons. The van der Waals surface area contributed by atoms with E-state index in [9.17, 15) is 18.0 Å². The van der Waals surface area contributed by atoms with Crippen LogP contribution >= 0.6 is 0 Å². The van der Waals surface area contributed by atoms with E-state index in [1.807, 2.05) is 6.92 Å². The highest BCUT2D eigenvalue weighted by Crippen LogP contribution is 2.29. The average Bonchev–Trinajstić information content (AvgIpc) is 3.14. The fraction of sp³-hybridized carbons (Fsp3) is 0.222. The van der Waals surface area contributed by atoms with Gasteiger partial charge in [-0.3, -0.25) is 14.5 Å². The maximum Gasteiger partial charge on any atom is 0.406 e. The Labute approximate surface area is 150 Å². The molecule has 3 heterocycles. The first-order valence-electron chi connectivity index (χ1n) is 8.24. The second-order valence-corrected chi connectivity index (χ2v) is 6.13. The number of hydrogen-bond acceptors (Lipinski definition) is 4. The molecular formula is C18H14F3N5O. The molecule has 4 rings (SSSR count). The van der Waals surface area contributed by atoms with Gasteiger partial charge in [0.2, 0.25) is 0 Å². The lowest BCUT2D eigenvalue weighted by Crippen LogP contribution is -2.28. The number of nitrogens with one attached hydrogen (secondary N) is 1. The molecule has 0 saturated heterocycles. The summed E-state index contributed by atoms with van der Waals surface area (Å²) in [5.41, 5.74) is 2.00. The number of alkyl halides is 3. The number of rotatable bonds is 3. The molecule has 6 nitrogen and oxygen atoms in total. The van der Waals surface area contributed by atoms with Crippen LogP contribution in [0.25, 0.3) is 32.9 Å². The fourth-order valence-electron chi connectivity index (χ4n) is 3.26. The molecule has 0 aliphatic heterocycles. The Hall–Kier alpha value is -3.23. The van der Waals surface area contributed by atoms with Gasteiger partial charge >= 0.3 is 6.18 Å². The topological polar surface area (TPSA) is 76.5 Å². The second-order valence-electron chi connectivity index (χ2n) is 6.13. The molecule has 0 unspecified atom stereocenters. The van der Waals surface area contributed by atoms with Crippen LogP contribution in [-0.4, -0.2) is 30.9 Å². The number of halogens is 3. The molecule has 0 saturated carbocycles. The van der Waals surface area contributed by atoms with E-state index >= 15 is 0 Å². The molecule has 1 aromatic carbocycles. The van der Waals surface area contributed by atoms with Crippen molar-refractivity contribution in [2.75, 3.05) is 0 Å². The van der Waals surface area contributed by atoms with Crippen LogP contribution in [0.15, 0.2) is 41.7 Å². The molecule has 0 atom stereocenters. The maximum absolute atomic E-state index is 13.1. The lowest BCUT2D eigenvalue weighted by atomic mass is 10.0. The van der Waals surface area contributed by atoms with Crippen molar-refractivity contribution in [3.05, 3.63) is 53.0 Å². The molecule has 0 aliphatic rings. The Morgan fingerprint density at radius 3 is 2.74 bits per heavy atom. The largest absolute Gasteiger partial charge is 0.406 e. The first-order valence-corrected chi connectivity index (χ1v) is 8.24. The average molecular weight is 373 g/mol. The van der Waals surface area contributed by atoms with E-state index in [1.165, 1.54) is 12.5 Å². The van der Waals surface area contributed by atoms with Crippen molar-refractivity contribution in [3.8, 4) is 11.1 Å². The van der Waals surface area contributed by atoms with E-state index in [-0.39, 0.29) is 10.9 Å². The summed E-state index contributed by atoms with van der Waals surface area (Å²) in [4.78, 5) is 20.9. The zero-order chi connectivity index (χ0) is 19.2. The van der Waals surface area contributed by atoms with Crippen molar-refractivity contribution in [2.45, 2.75) is 26.1 Å². The molecule has 1 N–H and O–H groups in total. The third-order valence-electron chi connectivity index (χ3n) is 4.45. The smallest absolute Gasteiger partial charge is 0.298 e. The van der Waals surface area contributed by atoms with Crippen LogP contribution in [-0.2, 0) is 13.0 Å². The Morgan fingerprint density at radius 1 is 1.19 bits per heavy atom. The minimum absolute atomic E-state index is 0.122. The summed E-state index contributed by atoms with van der Waals surface area (Å²) in [6, 6.07) is 5.04. The highest BCUT2D eigenvalue weighted by Gasteiger charge is 2.30. The van der Waals surface area contributed by atoms with Crippen LogP contribution in [0.1, 0.15) is 12.6 Å². The molecule has 0 spiro atoms. The van der Waals surface area contributed by atoms with E-state index in [4.69, 9.17) is 0 Å². The van der Waals surface area contributed by atoms with E-state index in [2.05, 4.69) is 20.2 Å². The molecule has 3 aromatic heterocycles. The minimum Gasteiger partial charge on any atom is -0.298 e. The number of H-pyrrole nitrogens is 1. The molecule has 9 heteroatoms. The van der Waals surface area contributed by atoms with Crippen LogP contribution in [0, 0.1) is 0 Å². The number of aromatic nitrogens is 5. The van der Waals surface area contributed by atoms with Gasteiger partial charge in [-0.1, -0.05) is 19.1 Å². The fourth-order valence-corrected chi connectivity index (χ4v) is 3.26. The Bertz CT molecular complexity index is 1210. The number of nitrogens with zero attached hydrogens (tertiary/aromatic N) is 4. The summed E-state index contributed by atoms with van der Waals surface area (Å²) in [7, 11) is 0. The maximum atomic E-state index is 13.1. The van der Waals surface area contributed by atoms with Gasteiger partial charge in [-0.05, 0) is 18.1 Å². The van der Waals surface area contributed by atoms with Gasteiger partial charge in [0.1, 0.15) is 12.9 Å². The Morgan fingerprint density at radius 2 is 2.00 bits per heavy atom. The van der Waals surface area contributed by atoms with Crippen molar-refractivity contribution < 1.29 is 13.2 Å². The van der Waals surface area contributed by atoms with Crippen LogP contribution in [0.3, 0.4) is 0 Å². The van der Waals surface area contributed by atoms with Gasteiger partial charge < -0.3 is 0 Å². The molecule has 0 aliphatic carbocycles. The zero-order valence-electron chi connectivity index (χ0n) is 14.2. The number of pyridine rings is 1. The Balaban J connectivity index is 2.06. The number of benzene rings is 1. The lowest BCUT2D eigenvalue weighted by Gasteiger charge is -2.15. The van der Waals surface area contributed by atoms with Gasteiger partial charge in [0, 0.05) is 17.1 Å². The molecule has 138 valence electrons. The number of fused-ring (bicyclic) bond motifs is 3. The van der Waals surface area contributed by atoms with Crippen molar-refractivity contribution >= 4 is 21.8 Å². The normalized spacial score (nSPS) is 12.1. The van der Waals surface area contributed by atoms with Gasteiger partial charge in [0.25, 0.3) is 5.56 Å². The molecule has 27 heavy (non-hydrogen) atoms. The molecular weight excluding hydrogens is 359 g/mol. The quantitative estimate of drug-likeness (QED) is 0.597. The zero-order valence-corrected chi connectivity index (χ0v) is 14.2. The first-order chi connectivity index (χ1) is 12.9. The van der Waals surface area contributed by atoms with Crippen LogP contribution in [0.4, 0.5) is 13.2 Å². The summed E-state index contributed by atoms with van der Waals surface area (Å²) >= 11 is 0. The van der Waals surface area contributed by atoms with Gasteiger partial charge in [0.05, 0.1) is 28.3 Å². The van der Waals surface area contributed by atoms with Crippen LogP contribution in [0.2, 0.25) is 0 Å². The van der Waals surface area contributed by atoms with Crippen molar-refractivity contribution in [3.63, 3.8) is 0 Å². The van der Waals surface area contributed by atoms with Crippen molar-refractivity contribution in [1.29, 1.82) is 0 Å². The van der Waals surface area contributed by atoms with Crippen molar-refractivity contribution in [1.82, 2.24) is 24.7 Å². The Kier molecular flexibility index (Phi) is 3.94. The predicted octanol–water partition coefficient (Wildman–Crippen LogP) is 3.46. The number of aryl methyl sites for hydroxylation is 1. The first kappa shape index (κ1) is 17.2. The summed E-state index contributed by atoms with van der Waals surface area (Å²) in [5.74, 6) is 0. The summed E-state index contributed by atoms with van der Waals surface area (Å²) in [5, 5.41) is 7.14. The minimum atomic E-state index is -4.53. The van der Waals surface area contributed by atoms with E-state index in [1.54, 1.807) is 24.4 Å². The van der Waals surface area contributed by atoms with Gasteiger partial charge in [-0.25, -0.2) is 9.97 Å². The molecule has 0 bridgehead atoms. The van der Waals surface area contributed by atoms with E-state index < -0.39 is 18.3 Å². The summed E-state index contributed by atoms with van der Waals surface area (Å²) in [6.45, 7) is 0.555. The second kappa shape index (κ2) is 6.19. The molecule has 0 fully saturated rings. The number of aromatic amines is 1. The van der Waals surface area contributed by atoms with Gasteiger partial charge in [-0.15, -0.1) is 0 Å².